The van der Waals surface area contributed by atoms with Gasteiger partial charge in [0.15, 0.2) is 5.69 Å². The number of anilines is 2. The third-order valence-corrected chi connectivity index (χ3v) is 12.1. The van der Waals surface area contributed by atoms with Crippen molar-refractivity contribution >= 4 is 107 Å². The number of aromatic nitrogens is 8. The Balaban J connectivity index is 0.000000246. The molecule has 0 unspecified atom stereocenters. The Bertz CT molecular complexity index is 3040. The molecule has 4 aromatic heterocycles. The van der Waals surface area contributed by atoms with Crippen LogP contribution in [-0.4, -0.2) is 112 Å². The molecule has 0 bridgehead atoms. The van der Waals surface area contributed by atoms with Gasteiger partial charge in [0.25, 0.3) is 11.8 Å². The number of hydrogen-bond acceptors (Lipinski definition) is 10. The first kappa shape index (κ1) is 54.8. The summed E-state index contributed by atoms with van der Waals surface area (Å²) in [6.45, 7) is 14.5. The highest BCUT2D eigenvalue weighted by atomic mass is 127. The number of carbonyl (C=O) groups is 4. The number of carbonyl (C=O) groups excluding carboxylic acids is 4. The van der Waals surface area contributed by atoms with Crippen molar-refractivity contribution in [2.45, 2.75) is 51.9 Å². The molecule has 0 radical (unpaired) electrons. The lowest BCUT2D eigenvalue weighted by Gasteiger charge is -2.16. The van der Waals surface area contributed by atoms with Crippen LogP contribution in [0.15, 0.2) is 62.2 Å². The van der Waals surface area contributed by atoms with E-state index in [1.165, 1.54) is 24.3 Å². The van der Waals surface area contributed by atoms with Crippen LogP contribution >= 0.6 is 49.6 Å². The molecule has 23 heteroatoms. The maximum absolute atomic E-state index is 14.7. The average Bonchev–Trinajstić information content (AvgIpc) is 4.19. The first-order valence-corrected chi connectivity index (χ1v) is 22.2. The van der Waals surface area contributed by atoms with Gasteiger partial charge in [0.2, 0.25) is 11.8 Å². The number of amides is 4. The zero-order valence-electron chi connectivity index (χ0n) is 38.3. The maximum Gasteiger partial charge on any atom is 0.255 e. The van der Waals surface area contributed by atoms with Crippen molar-refractivity contribution in [3.8, 4) is 24.2 Å². The van der Waals surface area contributed by atoms with Crippen LogP contribution in [0.4, 0.5) is 20.4 Å². The third-order valence-electron chi connectivity index (χ3n) is 11.3. The molecule has 2 fully saturated rings. The summed E-state index contributed by atoms with van der Waals surface area (Å²) < 4.78 is 35.6. The van der Waals surface area contributed by atoms with Gasteiger partial charge in [-0.05, 0) is 85.4 Å². The minimum Gasteiger partial charge on any atom is -0.373 e. The van der Waals surface area contributed by atoms with Crippen LogP contribution in [0.3, 0.4) is 0 Å². The van der Waals surface area contributed by atoms with Gasteiger partial charge in [0.05, 0.1) is 55.9 Å². The molecule has 0 saturated carbocycles. The predicted molar refractivity (Wildman–Crippen MR) is 280 cm³/mol. The molecule has 6 heterocycles. The summed E-state index contributed by atoms with van der Waals surface area (Å²) in [4.78, 5) is 59.2. The highest BCUT2D eigenvalue weighted by molar-refractivity contribution is 14.1. The number of fused-ring (bicyclic) bond motifs is 2. The fourth-order valence-electron chi connectivity index (χ4n) is 7.93. The highest BCUT2D eigenvalue weighted by Crippen LogP contribution is 2.31. The number of benzene rings is 2. The molecule has 2 aromatic carbocycles. The molecule has 6 N–H and O–H groups in total. The predicted octanol–water partition coefficient (Wildman–Crippen LogP) is 4.88. The van der Waals surface area contributed by atoms with E-state index in [0.29, 0.717) is 65.4 Å². The molecule has 2 aliphatic rings. The van der Waals surface area contributed by atoms with E-state index >= 15 is 0 Å². The summed E-state index contributed by atoms with van der Waals surface area (Å²) in [7, 11) is 3.32. The van der Waals surface area contributed by atoms with Crippen LogP contribution in [0.25, 0.3) is 22.1 Å². The Kier molecular flexibility index (Phi) is 19.0. The molecule has 6 aromatic rings. The second-order valence-electron chi connectivity index (χ2n) is 15.2. The molecule has 4 amide bonds. The van der Waals surface area contributed by atoms with Crippen LogP contribution in [0, 0.1) is 39.4 Å². The minimum absolute atomic E-state index is 0. The summed E-state index contributed by atoms with van der Waals surface area (Å²) in [6, 6.07) is 6.03. The van der Waals surface area contributed by atoms with E-state index in [1.54, 1.807) is 58.0 Å². The largest absolute Gasteiger partial charge is 0.373 e. The molecular weight excluding hydrogens is 1040 g/mol. The van der Waals surface area contributed by atoms with Gasteiger partial charge in [0.1, 0.15) is 40.1 Å². The molecular formula is C46H53F2IN14O4S2. The molecule has 2 saturated heterocycles. The Morgan fingerprint density at radius 3 is 1.65 bits per heavy atom. The van der Waals surface area contributed by atoms with Crippen LogP contribution in [0.1, 0.15) is 76.4 Å². The molecule has 18 nitrogen and oxygen atoms in total. The fraction of sp³-hybridized carbons (Fsp3) is 0.304. The van der Waals surface area contributed by atoms with Crippen molar-refractivity contribution in [2.24, 2.45) is 11.5 Å². The van der Waals surface area contributed by atoms with Gasteiger partial charge in [-0.3, -0.25) is 19.2 Å². The average molecular weight is 1100 g/mol. The molecule has 8 rings (SSSR count). The topological polar surface area (TPSA) is 222 Å². The first-order valence-electron chi connectivity index (χ1n) is 21.1. The number of terminal acetylenes is 1. The van der Waals surface area contributed by atoms with E-state index in [0.717, 1.165) is 24.0 Å². The lowest BCUT2D eigenvalue weighted by molar-refractivity contribution is -0.125. The number of rotatable bonds is 10. The van der Waals surface area contributed by atoms with Gasteiger partial charge in [-0.15, -0.1) is 6.42 Å². The zero-order valence-corrected chi connectivity index (χ0v) is 42.5. The van der Waals surface area contributed by atoms with Gasteiger partial charge in [0, 0.05) is 65.5 Å². The van der Waals surface area contributed by atoms with Crippen molar-refractivity contribution in [3.63, 3.8) is 0 Å². The monoisotopic (exact) mass is 1090 g/mol. The number of likely N-dealkylation sites (tertiary alicyclic amines) is 2. The van der Waals surface area contributed by atoms with E-state index in [4.69, 9.17) is 17.9 Å². The Labute approximate surface area is 424 Å². The third kappa shape index (κ3) is 11.5. The second-order valence-corrected chi connectivity index (χ2v) is 16.3. The summed E-state index contributed by atoms with van der Waals surface area (Å²) >= 11 is 1.97. The van der Waals surface area contributed by atoms with Gasteiger partial charge in [-0.1, -0.05) is 19.1 Å². The zero-order chi connectivity index (χ0) is 48.7. The standard InChI is InChI=1S/C23H24FN7O2.C14H17N5O2.C9H8FIN2.2H2S/c1-4-20(32)30-9-8-15(12-30)31-23(26-3)21(22(25)33)17(28-31)7-6-14-10-18-19(11-16(14)24)29(5-2)13-27-18;1-4-10-12(13(15)21)14(16-3)19(17-10)9-6-7-18(8-9)11(20)5-2;1-2-13-5-12-8-4-7(11)6(10)3-9(8)13;;/h4,10-11,13,15,26H,1,5,8-9,12H2,2-3H3,(H2,25,33);1,5,9,16H,2,6-8H2,3H3,(H2,15,21);3-5H,2H2,1H3;2*1H2/t15-;9-;;;/m00.../s1. The van der Waals surface area contributed by atoms with Gasteiger partial charge in [-0.25, -0.2) is 28.1 Å². The maximum atomic E-state index is 14.7. The van der Waals surface area contributed by atoms with Gasteiger partial charge >= 0.3 is 0 Å². The van der Waals surface area contributed by atoms with E-state index in [2.05, 4.69) is 61.7 Å². The summed E-state index contributed by atoms with van der Waals surface area (Å²) in [6.07, 6.45) is 12.7. The summed E-state index contributed by atoms with van der Waals surface area (Å²) in [5.74, 6) is 6.54. The SMILES string of the molecule is C#Cc1nn([C@H]2CCN(C(=O)C=C)C2)c(NC)c1C(N)=O.C=CC(=O)N1CC[C@H](n2nc(C#Cc3cc4ncn(CC)c4cc3F)c(C(N)=O)c2NC)C1.CCn1cnc2cc(I)c(F)cc21.S.S. The Morgan fingerprint density at radius 1 is 0.768 bits per heavy atom. The normalized spacial score (nSPS) is 14.7. The number of nitrogens with two attached hydrogens (primary N) is 2. The Morgan fingerprint density at radius 2 is 1.22 bits per heavy atom. The number of nitrogens with zero attached hydrogens (tertiary/aromatic N) is 10. The molecule has 2 aliphatic heterocycles. The van der Waals surface area contributed by atoms with Crippen molar-refractivity contribution in [2.75, 3.05) is 50.9 Å². The number of primary amides is 2. The number of aryl methyl sites for hydroxylation is 2. The van der Waals surface area contributed by atoms with E-state index < -0.39 is 17.6 Å². The fourth-order valence-corrected chi connectivity index (χ4v) is 8.38. The Hall–Kier alpha value is -6.83. The van der Waals surface area contributed by atoms with Crippen molar-refractivity contribution in [1.29, 1.82) is 0 Å². The lowest BCUT2D eigenvalue weighted by Crippen LogP contribution is -2.27. The number of halogens is 3. The van der Waals surface area contributed by atoms with Gasteiger partial charge < -0.3 is 41.0 Å². The molecule has 2 atom stereocenters. The quantitative estimate of drug-likeness (QED) is 0.0827. The summed E-state index contributed by atoms with van der Waals surface area (Å²) in [5, 5.41) is 14.7. The van der Waals surface area contributed by atoms with Crippen LogP contribution < -0.4 is 22.1 Å². The number of hydrogen-bond donors (Lipinski definition) is 4. The molecule has 0 spiro atoms. The van der Waals surface area contributed by atoms with Crippen molar-refractivity contribution in [1.82, 2.24) is 48.5 Å². The van der Waals surface area contributed by atoms with E-state index in [9.17, 15) is 28.0 Å². The number of nitrogens with one attached hydrogen (secondary N) is 2. The molecule has 0 aliphatic carbocycles. The second kappa shape index (κ2) is 23.9. The number of imidazole rings is 2. The van der Waals surface area contributed by atoms with Crippen LogP contribution in [0.5, 0.6) is 0 Å². The van der Waals surface area contributed by atoms with Crippen LogP contribution in [0.2, 0.25) is 0 Å². The van der Waals surface area contributed by atoms with Crippen LogP contribution in [-0.2, 0) is 22.7 Å². The van der Waals surface area contributed by atoms with Crippen molar-refractivity contribution in [3.05, 3.63) is 106 Å². The minimum atomic E-state index is -0.704. The van der Waals surface area contributed by atoms with E-state index in [1.807, 2.05) is 45.6 Å². The molecule has 364 valence electrons. The first-order chi connectivity index (χ1) is 32.1. The van der Waals surface area contributed by atoms with E-state index in [-0.39, 0.29) is 84.8 Å². The van der Waals surface area contributed by atoms with Crippen molar-refractivity contribution < 1.29 is 28.0 Å². The smallest absolute Gasteiger partial charge is 0.255 e. The summed E-state index contributed by atoms with van der Waals surface area (Å²) in [5.41, 5.74) is 14.8. The van der Waals surface area contributed by atoms with Gasteiger partial charge in [-0.2, -0.15) is 37.2 Å². The highest BCUT2D eigenvalue weighted by Gasteiger charge is 2.33. The lowest BCUT2D eigenvalue weighted by atomic mass is 10.1. The molecule has 69 heavy (non-hydrogen) atoms.